The van der Waals surface area contributed by atoms with Gasteiger partial charge in [-0.1, -0.05) is 18.2 Å². The molecule has 1 aromatic carbocycles. The lowest BCUT2D eigenvalue weighted by atomic mass is 9.85. The van der Waals surface area contributed by atoms with Crippen LogP contribution in [0.5, 0.6) is 5.75 Å². The van der Waals surface area contributed by atoms with E-state index in [1.165, 1.54) is 0 Å². The number of hydrogen-bond donors (Lipinski definition) is 1. The zero-order valence-corrected chi connectivity index (χ0v) is 15.7. The number of rotatable bonds is 5. The van der Waals surface area contributed by atoms with Gasteiger partial charge in [0.1, 0.15) is 11.4 Å². The van der Waals surface area contributed by atoms with Crippen LogP contribution in [0.4, 0.5) is 0 Å². The van der Waals surface area contributed by atoms with Crippen molar-refractivity contribution in [3.8, 4) is 5.75 Å². The summed E-state index contributed by atoms with van der Waals surface area (Å²) >= 11 is 0. The molecule has 1 aromatic rings. The highest BCUT2D eigenvalue weighted by molar-refractivity contribution is 5.38. The zero-order valence-electron chi connectivity index (χ0n) is 15.7. The Kier molecular flexibility index (Phi) is 4.82. The van der Waals surface area contributed by atoms with Gasteiger partial charge in [-0.3, -0.25) is 9.80 Å². The molecule has 0 aliphatic carbocycles. The number of ether oxygens (including phenoxy) is 1. The molecule has 0 bridgehead atoms. The lowest BCUT2D eigenvalue weighted by Gasteiger charge is -2.55. The summed E-state index contributed by atoms with van der Waals surface area (Å²) in [6.07, 6.45) is 0. The van der Waals surface area contributed by atoms with Crippen molar-refractivity contribution in [3.05, 3.63) is 29.8 Å². The average molecular weight is 320 g/mol. The minimum absolute atomic E-state index is 0.114. The second-order valence-corrected chi connectivity index (χ2v) is 8.37. The summed E-state index contributed by atoms with van der Waals surface area (Å²) in [5.41, 5.74) is 0.398. The molecule has 130 valence electrons. The number of nitrogens with zero attached hydrogens (tertiary/aromatic N) is 2. The molecular formula is C19H32N2O2. The van der Waals surface area contributed by atoms with Gasteiger partial charge >= 0.3 is 0 Å². The fraction of sp³-hybridized carbons (Fsp3) is 0.684. The summed E-state index contributed by atoms with van der Waals surface area (Å²) in [4.78, 5) is 4.54. The molecule has 23 heavy (non-hydrogen) atoms. The Hall–Kier alpha value is -1.10. The number of β-amino-alcohol motifs (C(OH)–C–C–N with tert-alkyl or cyclic N) is 1. The maximum Gasteiger partial charge on any atom is 0.123 e. The van der Waals surface area contributed by atoms with Gasteiger partial charge in [0, 0.05) is 36.3 Å². The number of likely N-dealkylation sites (N-methyl/N-ethyl adjacent to an activating group) is 1. The highest BCUT2D eigenvalue weighted by Crippen LogP contribution is 2.36. The molecule has 0 aromatic heterocycles. The van der Waals surface area contributed by atoms with Crippen LogP contribution in [0.2, 0.25) is 0 Å². The first-order chi connectivity index (χ1) is 10.5. The lowest BCUT2D eigenvalue weighted by molar-refractivity contribution is -0.149. The van der Waals surface area contributed by atoms with Crippen LogP contribution in [-0.2, 0) is 5.54 Å². The Balaban J connectivity index is 2.10. The van der Waals surface area contributed by atoms with Crippen molar-refractivity contribution in [2.45, 2.75) is 51.3 Å². The van der Waals surface area contributed by atoms with Crippen LogP contribution in [0.1, 0.15) is 40.2 Å². The quantitative estimate of drug-likeness (QED) is 0.905. The van der Waals surface area contributed by atoms with Gasteiger partial charge in [0.05, 0.1) is 7.11 Å². The molecule has 1 aliphatic rings. The third-order valence-corrected chi connectivity index (χ3v) is 5.17. The van der Waals surface area contributed by atoms with Crippen LogP contribution < -0.4 is 4.74 Å². The fourth-order valence-electron chi connectivity index (χ4n) is 3.23. The standard InChI is InChI=1S/C19H32N2O2/c1-17(2,3)21-13-19(22,14-21)12-20(6)18(4,5)15-10-8-9-11-16(15)23-7/h8-11,22H,12-14H2,1-7H3. The van der Waals surface area contributed by atoms with Crippen LogP contribution in [0, 0.1) is 0 Å². The SMILES string of the molecule is COc1ccccc1C(C)(C)N(C)CC1(O)CN(C(C)(C)C)C1. The van der Waals surface area contributed by atoms with E-state index in [2.05, 4.69) is 57.5 Å². The van der Waals surface area contributed by atoms with Crippen LogP contribution in [0.15, 0.2) is 24.3 Å². The predicted octanol–water partition coefficient (Wildman–Crippen LogP) is 2.71. The topological polar surface area (TPSA) is 35.9 Å². The third kappa shape index (κ3) is 3.70. The van der Waals surface area contributed by atoms with Crippen molar-refractivity contribution in [3.63, 3.8) is 0 Å². The summed E-state index contributed by atoms with van der Waals surface area (Å²) in [5.74, 6) is 0.890. The first-order valence-electron chi connectivity index (χ1n) is 8.32. The Labute approximate surface area is 141 Å². The molecule has 2 rings (SSSR count). The molecule has 0 radical (unpaired) electrons. The molecule has 0 unspecified atom stereocenters. The van der Waals surface area contributed by atoms with Gasteiger partial charge in [-0.05, 0) is 47.7 Å². The first kappa shape index (κ1) is 18.2. The molecule has 1 saturated heterocycles. The molecule has 0 spiro atoms. The molecule has 1 fully saturated rings. The Morgan fingerprint density at radius 2 is 1.74 bits per heavy atom. The van der Waals surface area contributed by atoms with E-state index in [0.717, 1.165) is 24.4 Å². The summed E-state index contributed by atoms with van der Waals surface area (Å²) in [5, 5.41) is 10.8. The largest absolute Gasteiger partial charge is 0.496 e. The van der Waals surface area contributed by atoms with Crippen LogP contribution in [0.3, 0.4) is 0 Å². The van der Waals surface area contributed by atoms with Gasteiger partial charge in [0.15, 0.2) is 0 Å². The number of likely N-dealkylation sites (tertiary alicyclic amines) is 1. The number of para-hydroxylation sites is 1. The van der Waals surface area contributed by atoms with Gasteiger partial charge in [0.2, 0.25) is 0 Å². The van der Waals surface area contributed by atoms with Crippen LogP contribution >= 0.6 is 0 Å². The second-order valence-electron chi connectivity index (χ2n) is 8.37. The molecule has 0 saturated carbocycles. The van der Waals surface area contributed by atoms with Crippen LogP contribution in [-0.4, -0.2) is 59.8 Å². The molecule has 0 atom stereocenters. The summed E-state index contributed by atoms with van der Waals surface area (Å²) in [7, 11) is 3.78. The van der Waals surface area contributed by atoms with E-state index in [-0.39, 0.29) is 11.1 Å². The van der Waals surface area contributed by atoms with Gasteiger partial charge in [-0.25, -0.2) is 0 Å². The lowest BCUT2D eigenvalue weighted by Crippen LogP contribution is -2.70. The van der Waals surface area contributed by atoms with Crippen molar-refractivity contribution >= 4 is 0 Å². The average Bonchev–Trinajstić information content (AvgIpc) is 2.43. The van der Waals surface area contributed by atoms with Gasteiger partial charge in [-0.15, -0.1) is 0 Å². The minimum Gasteiger partial charge on any atom is -0.496 e. The van der Waals surface area contributed by atoms with Crippen molar-refractivity contribution in [1.82, 2.24) is 9.80 Å². The van der Waals surface area contributed by atoms with Crippen molar-refractivity contribution in [2.24, 2.45) is 0 Å². The Morgan fingerprint density at radius 3 is 2.26 bits per heavy atom. The van der Waals surface area contributed by atoms with Crippen LogP contribution in [0.25, 0.3) is 0 Å². The van der Waals surface area contributed by atoms with Crippen molar-refractivity contribution in [1.29, 1.82) is 0 Å². The van der Waals surface area contributed by atoms with E-state index in [4.69, 9.17) is 4.74 Å². The zero-order chi connectivity index (χ0) is 17.5. The molecule has 0 amide bonds. The number of aliphatic hydroxyl groups is 1. The van der Waals surface area contributed by atoms with E-state index >= 15 is 0 Å². The van der Waals surface area contributed by atoms with E-state index < -0.39 is 5.60 Å². The third-order valence-electron chi connectivity index (χ3n) is 5.17. The molecule has 1 heterocycles. The maximum absolute atomic E-state index is 10.8. The monoisotopic (exact) mass is 320 g/mol. The minimum atomic E-state index is -0.638. The summed E-state index contributed by atoms with van der Waals surface area (Å²) < 4.78 is 5.52. The van der Waals surface area contributed by atoms with Gasteiger partial charge in [0.25, 0.3) is 0 Å². The van der Waals surface area contributed by atoms with E-state index in [1.807, 2.05) is 18.2 Å². The molecule has 1 aliphatic heterocycles. The second kappa shape index (κ2) is 6.08. The predicted molar refractivity (Wildman–Crippen MR) is 94.9 cm³/mol. The fourth-order valence-corrected chi connectivity index (χ4v) is 3.23. The number of hydrogen-bond acceptors (Lipinski definition) is 4. The summed E-state index contributed by atoms with van der Waals surface area (Å²) in [6.45, 7) is 13.0. The Bertz CT molecular complexity index is 543. The number of methoxy groups -OCH3 is 1. The normalized spacial score (nSPS) is 18.8. The van der Waals surface area contributed by atoms with Gasteiger partial charge < -0.3 is 9.84 Å². The first-order valence-corrected chi connectivity index (χ1v) is 8.32. The molecule has 1 N–H and O–H groups in total. The molecular weight excluding hydrogens is 288 g/mol. The van der Waals surface area contributed by atoms with E-state index in [1.54, 1.807) is 7.11 Å². The molecule has 4 heteroatoms. The highest BCUT2D eigenvalue weighted by Gasteiger charge is 2.47. The van der Waals surface area contributed by atoms with Gasteiger partial charge in [-0.2, -0.15) is 0 Å². The van der Waals surface area contributed by atoms with Crippen molar-refractivity contribution < 1.29 is 9.84 Å². The number of benzene rings is 1. The van der Waals surface area contributed by atoms with E-state index in [9.17, 15) is 5.11 Å². The molecule has 4 nitrogen and oxygen atoms in total. The highest BCUT2D eigenvalue weighted by atomic mass is 16.5. The van der Waals surface area contributed by atoms with E-state index in [0.29, 0.717) is 6.54 Å². The maximum atomic E-state index is 10.8. The van der Waals surface area contributed by atoms with Crippen molar-refractivity contribution in [2.75, 3.05) is 33.8 Å². The Morgan fingerprint density at radius 1 is 1.17 bits per heavy atom. The summed E-state index contributed by atoms with van der Waals surface area (Å²) in [6, 6.07) is 8.11. The smallest absolute Gasteiger partial charge is 0.123 e.